The molecule has 0 bridgehead atoms. The average molecular weight is 269 g/mol. The summed E-state index contributed by atoms with van der Waals surface area (Å²) in [5, 5.41) is 1.09. The summed E-state index contributed by atoms with van der Waals surface area (Å²) in [7, 11) is 0. The Kier molecular flexibility index (Phi) is 2.53. The number of hydroxylamine groups is 2. The highest BCUT2D eigenvalue weighted by molar-refractivity contribution is 6.30. The number of halogens is 2. The summed E-state index contributed by atoms with van der Waals surface area (Å²) in [6, 6.07) is 2.85. The van der Waals surface area contributed by atoms with Crippen LogP contribution in [-0.4, -0.2) is 23.5 Å². The highest BCUT2D eigenvalue weighted by Crippen LogP contribution is 2.43. The van der Waals surface area contributed by atoms with Crippen LogP contribution in [0.3, 0.4) is 0 Å². The molecule has 1 aromatic carbocycles. The minimum atomic E-state index is -1.56. The molecular formula is C12H9F2NO4. The summed E-state index contributed by atoms with van der Waals surface area (Å²) in [4.78, 5) is 27.3. The highest BCUT2D eigenvalue weighted by Gasteiger charge is 2.55. The van der Waals surface area contributed by atoms with Gasteiger partial charge in [0.1, 0.15) is 11.6 Å². The van der Waals surface area contributed by atoms with Gasteiger partial charge in [0.15, 0.2) is 0 Å². The van der Waals surface area contributed by atoms with Crippen molar-refractivity contribution in [3.63, 3.8) is 0 Å². The molecule has 0 N–H and O–H groups in total. The number of hydrogen-bond donors (Lipinski definition) is 0. The molecule has 3 rings (SSSR count). The van der Waals surface area contributed by atoms with E-state index < -0.39 is 29.3 Å². The van der Waals surface area contributed by atoms with Crippen LogP contribution in [-0.2, 0) is 24.9 Å². The molecule has 5 nitrogen and oxygen atoms in total. The van der Waals surface area contributed by atoms with Crippen molar-refractivity contribution in [3.8, 4) is 0 Å². The van der Waals surface area contributed by atoms with Crippen molar-refractivity contribution in [2.75, 3.05) is 6.54 Å². The van der Waals surface area contributed by atoms with Crippen LogP contribution >= 0.6 is 0 Å². The average Bonchev–Trinajstić information content (AvgIpc) is 2.76. The maximum Gasteiger partial charge on any atom is 0.436 e. The van der Waals surface area contributed by atoms with Crippen molar-refractivity contribution in [1.82, 2.24) is 5.06 Å². The van der Waals surface area contributed by atoms with Crippen LogP contribution in [0.5, 0.6) is 0 Å². The molecule has 0 saturated carbocycles. The van der Waals surface area contributed by atoms with Crippen LogP contribution in [0.25, 0.3) is 0 Å². The molecular weight excluding hydrogens is 260 g/mol. The minimum Gasteiger partial charge on any atom is -0.428 e. The maximum atomic E-state index is 13.9. The second-order valence-electron chi connectivity index (χ2n) is 4.38. The van der Waals surface area contributed by atoms with Gasteiger partial charge in [-0.25, -0.2) is 18.4 Å². The zero-order valence-electron chi connectivity index (χ0n) is 9.69. The largest absolute Gasteiger partial charge is 0.436 e. The first-order valence-corrected chi connectivity index (χ1v) is 5.71. The van der Waals surface area contributed by atoms with Crippen molar-refractivity contribution >= 4 is 11.9 Å². The Hall–Kier alpha value is -2.02. The number of benzene rings is 1. The molecule has 2 aliphatic heterocycles. The molecule has 2 fully saturated rings. The predicted octanol–water partition coefficient (Wildman–Crippen LogP) is 1.23. The van der Waals surface area contributed by atoms with Crippen LogP contribution in [0.1, 0.15) is 18.4 Å². The van der Waals surface area contributed by atoms with Gasteiger partial charge >= 0.3 is 11.9 Å². The topological polar surface area (TPSA) is 55.8 Å². The minimum absolute atomic E-state index is 0.147. The summed E-state index contributed by atoms with van der Waals surface area (Å²) in [5.41, 5.74) is -1.71. The molecule has 1 aromatic rings. The molecule has 2 aliphatic rings. The van der Waals surface area contributed by atoms with Gasteiger partial charge in [0, 0.05) is 13.0 Å². The Morgan fingerprint density at radius 3 is 2.79 bits per heavy atom. The summed E-state index contributed by atoms with van der Waals surface area (Å²) < 4.78 is 32.2. The second-order valence-corrected chi connectivity index (χ2v) is 4.38. The SMILES string of the molecule is O=C1ON2CCC[C@]2(c2cc(F)ccc2F)OC1=O. The molecule has 0 aliphatic carbocycles. The lowest BCUT2D eigenvalue weighted by Crippen LogP contribution is -2.53. The van der Waals surface area contributed by atoms with E-state index in [1.807, 2.05) is 0 Å². The molecule has 0 spiro atoms. The van der Waals surface area contributed by atoms with Gasteiger partial charge in [-0.2, -0.15) is 0 Å². The Balaban J connectivity index is 2.12. The first-order valence-electron chi connectivity index (χ1n) is 5.71. The van der Waals surface area contributed by atoms with Crippen LogP contribution < -0.4 is 0 Å². The van der Waals surface area contributed by atoms with E-state index in [4.69, 9.17) is 9.57 Å². The van der Waals surface area contributed by atoms with Crippen molar-refractivity contribution in [3.05, 3.63) is 35.4 Å². The smallest absolute Gasteiger partial charge is 0.428 e. The van der Waals surface area contributed by atoms with Crippen molar-refractivity contribution < 1.29 is 27.9 Å². The number of hydrogen-bond acceptors (Lipinski definition) is 5. The number of carbonyl (C=O) groups is 2. The van der Waals surface area contributed by atoms with Crippen molar-refractivity contribution in [1.29, 1.82) is 0 Å². The first kappa shape index (κ1) is 12.0. The highest BCUT2D eigenvalue weighted by atomic mass is 19.1. The second kappa shape index (κ2) is 3.99. The molecule has 0 unspecified atom stereocenters. The fourth-order valence-corrected chi connectivity index (χ4v) is 2.44. The summed E-state index contributed by atoms with van der Waals surface area (Å²) in [6.45, 7) is 0.287. The van der Waals surface area contributed by atoms with Gasteiger partial charge in [-0.05, 0) is 24.6 Å². The van der Waals surface area contributed by atoms with Crippen LogP contribution in [0, 0.1) is 11.6 Å². The van der Waals surface area contributed by atoms with E-state index in [-0.39, 0.29) is 18.5 Å². The van der Waals surface area contributed by atoms with E-state index in [1.165, 1.54) is 0 Å². The van der Waals surface area contributed by atoms with E-state index in [1.54, 1.807) is 0 Å². The van der Waals surface area contributed by atoms with Gasteiger partial charge in [-0.15, -0.1) is 0 Å². The van der Waals surface area contributed by atoms with Crippen molar-refractivity contribution in [2.45, 2.75) is 18.6 Å². The van der Waals surface area contributed by atoms with Crippen molar-refractivity contribution in [2.24, 2.45) is 0 Å². The lowest BCUT2D eigenvalue weighted by atomic mass is 9.99. The third-order valence-corrected chi connectivity index (χ3v) is 3.25. The van der Waals surface area contributed by atoms with Crippen LogP contribution in [0.4, 0.5) is 8.78 Å². The molecule has 1 atom stereocenters. The number of fused-ring (bicyclic) bond motifs is 1. The fraction of sp³-hybridized carbons (Fsp3) is 0.333. The third kappa shape index (κ3) is 1.69. The molecule has 100 valence electrons. The zero-order valence-corrected chi connectivity index (χ0v) is 9.69. The number of ether oxygens (including phenoxy) is 1. The molecule has 2 heterocycles. The molecule has 7 heteroatoms. The van der Waals surface area contributed by atoms with E-state index in [9.17, 15) is 18.4 Å². The Morgan fingerprint density at radius 2 is 2.00 bits per heavy atom. The van der Waals surface area contributed by atoms with Gasteiger partial charge in [-0.3, -0.25) is 0 Å². The Labute approximate surface area is 106 Å². The Morgan fingerprint density at radius 1 is 1.21 bits per heavy atom. The zero-order chi connectivity index (χ0) is 13.6. The van der Waals surface area contributed by atoms with Gasteiger partial charge in [0.25, 0.3) is 0 Å². The predicted molar refractivity (Wildman–Crippen MR) is 56.2 cm³/mol. The van der Waals surface area contributed by atoms with Crippen LogP contribution in [0.2, 0.25) is 0 Å². The lowest BCUT2D eigenvalue weighted by molar-refractivity contribution is -0.298. The van der Waals surface area contributed by atoms with Gasteiger partial charge in [0.05, 0.1) is 5.56 Å². The quantitative estimate of drug-likeness (QED) is 0.567. The summed E-state index contributed by atoms with van der Waals surface area (Å²) in [5.74, 6) is -3.75. The number of carbonyl (C=O) groups excluding carboxylic acids is 2. The third-order valence-electron chi connectivity index (χ3n) is 3.25. The van der Waals surface area contributed by atoms with E-state index in [0.29, 0.717) is 6.42 Å². The fourth-order valence-electron chi connectivity index (χ4n) is 2.44. The van der Waals surface area contributed by atoms with E-state index >= 15 is 0 Å². The summed E-state index contributed by atoms with van der Waals surface area (Å²) in [6.07, 6.45) is 0.753. The number of rotatable bonds is 1. The molecule has 19 heavy (non-hydrogen) atoms. The standard InChI is InChI=1S/C12H9F2NO4/c13-7-2-3-9(14)8(6-7)12-4-1-5-15(12)19-11(17)10(16)18-12/h2-3,6H,1,4-5H2/t12-/m1/s1. The summed E-state index contributed by atoms with van der Waals surface area (Å²) >= 11 is 0. The molecule has 0 radical (unpaired) electrons. The van der Waals surface area contributed by atoms with Gasteiger partial charge < -0.3 is 9.57 Å². The molecule has 0 amide bonds. The normalized spacial score (nSPS) is 26.8. The molecule has 0 aromatic heterocycles. The monoisotopic (exact) mass is 269 g/mol. The van der Waals surface area contributed by atoms with Crippen LogP contribution in [0.15, 0.2) is 18.2 Å². The number of esters is 1. The van der Waals surface area contributed by atoms with E-state index in [2.05, 4.69) is 0 Å². The van der Waals surface area contributed by atoms with Gasteiger partial charge in [-0.1, -0.05) is 5.06 Å². The molecule has 2 saturated heterocycles. The Bertz CT molecular complexity index is 577. The number of nitrogens with zero attached hydrogens (tertiary/aromatic N) is 1. The lowest BCUT2D eigenvalue weighted by Gasteiger charge is -2.39. The first-order chi connectivity index (χ1) is 9.03. The van der Waals surface area contributed by atoms with Gasteiger partial charge in [0.2, 0.25) is 5.72 Å². The van der Waals surface area contributed by atoms with E-state index in [0.717, 1.165) is 23.3 Å². The maximum absolute atomic E-state index is 13.9.